The van der Waals surface area contributed by atoms with E-state index in [1.54, 1.807) is 6.07 Å². The highest BCUT2D eigenvalue weighted by atomic mass is 16.4. The second kappa shape index (κ2) is 7.44. The number of aromatic carboxylic acids is 1. The van der Waals surface area contributed by atoms with E-state index in [9.17, 15) is 9.90 Å². The topological polar surface area (TPSA) is 60.4 Å². The van der Waals surface area contributed by atoms with Gasteiger partial charge in [-0.15, -0.1) is 0 Å². The monoisotopic (exact) mass is 345 g/mol. The van der Waals surface area contributed by atoms with Crippen LogP contribution in [0.25, 0.3) is 0 Å². The SMILES string of the molecule is Cc1ccccc1Cc1ccc(C(C)c2ccc([O-])c(C(=O)O)c2)cc1. The van der Waals surface area contributed by atoms with Crippen molar-refractivity contribution in [1.82, 2.24) is 0 Å². The van der Waals surface area contributed by atoms with Crippen LogP contribution in [0.4, 0.5) is 0 Å². The summed E-state index contributed by atoms with van der Waals surface area (Å²) in [4.78, 5) is 11.2. The highest BCUT2D eigenvalue weighted by Crippen LogP contribution is 2.28. The predicted octanol–water partition coefficient (Wildman–Crippen LogP) is 4.51. The van der Waals surface area contributed by atoms with E-state index in [1.807, 2.05) is 13.0 Å². The van der Waals surface area contributed by atoms with Gasteiger partial charge in [0.2, 0.25) is 0 Å². The van der Waals surface area contributed by atoms with Crippen LogP contribution in [-0.2, 0) is 6.42 Å². The van der Waals surface area contributed by atoms with Crippen molar-refractivity contribution in [3.05, 3.63) is 100 Å². The third kappa shape index (κ3) is 3.77. The Hall–Kier alpha value is -3.07. The summed E-state index contributed by atoms with van der Waals surface area (Å²) in [6, 6.07) is 21.2. The van der Waals surface area contributed by atoms with Crippen LogP contribution < -0.4 is 5.11 Å². The van der Waals surface area contributed by atoms with Gasteiger partial charge < -0.3 is 10.2 Å². The smallest absolute Gasteiger partial charge is 0.335 e. The Balaban J connectivity index is 1.81. The fraction of sp³-hybridized carbons (Fsp3) is 0.174. The summed E-state index contributed by atoms with van der Waals surface area (Å²) < 4.78 is 0. The molecule has 0 saturated carbocycles. The van der Waals surface area contributed by atoms with Crippen LogP contribution >= 0.6 is 0 Å². The lowest BCUT2D eigenvalue weighted by molar-refractivity contribution is -0.268. The Bertz CT molecular complexity index is 926. The van der Waals surface area contributed by atoms with Gasteiger partial charge in [0.05, 0.1) is 5.56 Å². The first kappa shape index (κ1) is 17.7. The molecule has 3 rings (SSSR count). The Kier molecular flexibility index (Phi) is 5.08. The van der Waals surface area contributed by atoms with Gasteiger partial charge in [0, 0.05) is 5.92 Å². The lowest BCUT2D eigenvalue weighted by Crippen LogP contribution is -2.06. The average Bonchev–Trinajstić information content (AvgIpc) is 2.64. The molecule has 0 spiro atoms. The van der Waals surface area contributed by atoms with E-state index in [1.165, 1.54) is 28.8 Å². The molecule has 0 heterocycles. The van der Waals surface area contributed by atoms with Gasteiger partial charge >= 0.3 is 5.97 Å². The molecule has 0 bridgehead atoms. The van der Waals surface area contributed by atoms with E-state index in [0.29, 0.717) is 0 Å². The molecule has 3 aromatic rings. The molecule has 0 aliphatic rings. The molecule has 0 aliphatic carbocycles. The zero-order valence-electron chi connectivity index (χ0n) is 14.9. The molecular formula is C23H21O3-. The van der Waals surface area contributed by atoms with Gasteiger partial charge in [-0.2, -0.15) is 0 Å². The predicted molar refractivity (Wildman–Crippen MR) is 101 cm³/mol. The van der Waals surface area contributed by atoms with Gasteiger partial charge in [0.15, 0.2) is 0 Å². The maximum Gasteiger partial charge on any atom is 0.335 e. The van der Waals surface area contributed by atoms with Crippen molar-refractivity contribution in [3.8, 4) is 5.75 Å². The van der Waals surface area contributed by atoms with Gasteiger partial charge in [-0.05, 0) is 47.2 Å². The molecule has 0 saturated heterocycles. The molecule has 0 aromatic heterocycles. The largest absolute Gasteiger partial charge is 0.872 e. The van der Waals surface area contributed by atoms with Gasteiger partial charge in [-0.1, -0.05) is 73.3 Å². The molecule has 26 heavy (non-hydrogen) atoms. The molecule has 132 valence electrons. The molecule has 3 aromatic carbocycles. The van der Waals surface area contributed by atoms with E-state index >= 15 is 0 Å². The Morgan fingerprint density at radius 2 is 1.65 bits per heavy atom. The second-order valence-corrected chi connectivity index (χ2v) is 6.63. The van der Waals surface area contributed by atoms with Gasteiger partial charge in [-0.25, -0.2) is 4.79 Å². The fourth-order valence-electron chi connectivity index (χ4n) is 3.13. The number of carboxylic acids is 1. The third-order valence-electron chi connectivity index (χ3n) is 4.87. The van der Waals surface area contributed by atoms with Crippen LogP contribution in [-0.4, -0.2) is 11.1 Å². The molecule has 0 aliphatic heterocycles. The maximum absolute atomic E-state index is 11.6. The number of hydrogen-bond acceptors (Lipinski definition) is 2. The van der Waals surface area contributed by atoms with E-state index < -0.39 is 11.7 Å². The van der Waals surface area contributed by atoms with Gasteiger partial charge in [-0.3, -0.25) is 0 Å². The highest BCUT2D eigenvalue weighted by Gasteiger charge is 2.12. The molecule has 1 atom stereocenters. The first-order valence-corrected chi connectivity index (χ1v) is 8.63. The summed E-state index contributed by atoms with van der Waals surface area (Å²) >= 11 is 0. The number of carboxylic acid groups (broad SMARTS) is 1. The van der Waals surface area contributed by atoms with Crippen LogP contribution in [0.2, 0.25) is 0 Å². The summed E-state index contributed by atoms with van der Waals surface area (Å²) in [6.45, 7) is 4.13. The van der Waals surface area contributed by atoms with Gasteiger partial charge in [0.1, 0.15) is 0 Å². The minimum Gasteiger partial charge on any atom is -0.872 e. The Morgan fingerprint density at radius 3 is 2.31 bits per heavy atom. The number of rotatable bonds is 5. The summed E-state index contributed by atoms with van der Waals surface area (Å²) in [5.41, 5.74) is 5.57. The summed E-state index contributed by atoms with van der Waals surface area (Å²) in [5.74, 6) is -1.62. The lowest BCUT2D eigenvalue weighted by Gasteiger charge is -2.17. The van der Waals surface area contributed by atoms with Crippen molar-refractivity contribution in [2.45, 2.75) is 26.2 Å². The van der Waals surface area contributed by atoms with Gasteiger partial charge in [0.25, 0.3) is 0 Å². The van der Waals surface area contributed by atoms with Crippen molar-refractivity contribution >= 4 is 5.97 Å². The van der Waals surface area contributed by atoms with E-state index in [-0.39, 0.29) is 11.5 Å². The number of carbonyl (C=O) groups is 1. The highest BCUT2D eigenvalue weighted by molar-refractivity contribution is 5.90. The molecule has 3 heteroatoms. The van der Waals surface area contributed by atoms with Crippen molar-refractivity contribution in [3.63, 3.8) is 0 Å². The van der Waals surface area contributed by atoms with E-state index in [2.05, 4.69) is 49.4 Å². The van der Waals surface area contributed by atoms with Crippen LogP contribution in [0.1, 0.15) is 51.0 Å². The summed E-state index contributed by atoms with van der Waals surface area (Å²) in [6.07, 6.45) is 0.884. The summed E-state index contributed by atoms with van der Waals surface area (Å²) in [5, 5.41) is 20.8. The van der Waals surface area contributed by atoms with Crippen molar-refractivity contribution in [2.75, 3.05) is 0 Å². The minimum atomic E-state index is -1.18. The minimum absolute atomic E-state index is 0.0150. The number of aryl methyl sites for hydroxylation is 1. The quantitative estimate of drug-likeness (QED) is 0.740. The van der Waals surface area contributed by atoms with Crippen LogP contribution in [0.15, 0.2) is 66.7 Å². The molecule has 3 nitrogen and oxygen atoms in total. The summed E-state index contributed by atoms with van der Waals surface area (Å²) in [7, 11) is 0. The van der Waals surface area contributed by atoms with Crippen molar-refractivity contribution < 1.29 is 15.0 Å². The van der Waals surface area contributed by atoms with E-state index in [4.69, 9.17) is 5.11 Å². The van der Waals surface area contributed by atoms with Crippen LogP contribution in [0, 0.1) is 6.92 Å². The first-order chi connectivity index (χ1) is 12.5. The molecule has 0 radical (unpaired) electrons. The Morgan fingerprint density at radius 1 is 1.00 bits per heavy atom. The van der Waals surface area contributed by atoms with Crippen molar-refractivity contribution in [2.24, 2.45) is 0 Å². The fourth-order valence-corrected chi connectivity index (χ4v) is 3.13. The molecule has 0 amide bonds. The second-order valence-electron chi connectivity index (χ2n) is 6.63. The molecule has 0 fully saturated rings. The average molecular weight is 345 g/mol. The third-order valence-corrected chi connectivity index (χ3v) is 4.87. The maximum atomic E-state index is 11.6. The van der Waals surface area contributed by atoms with Crippen molar-refractivity contribution in [1.29, 1.82) is 0 Å². The number of hydrogen-bond donors (Lipinski definition) is 1. The molecular weight excluding hydrogens is 324 g/mol. The standard InChI is InChI=1S/C23H22O3/c1-15-5-3-4-6-19(15)13-17-7-9-18(10-8-17)16(2)20-11-12-22(24)21(14-20)23(25)26/h3-12,14,16,24H,13H2,1-2H3,(H,25,26)/p-1. The zero-order valence-corrected chi connectivity index (χ0v) is 14.9. The molecule has 1 unspecified atom stereocenters. The first-order valence-electron chi connectivity index (χ1n) is 8.63. The molecule has 1 N–H and O–H groups in total. The Labute approximate surface area is 153 Å². The zero-order chi connectivity index (χ0) is 18.7. The van der Waals surface area contributed by atoms with Crippen LogP contribution in [0.5, 0.6) is 5.75 Å². The van der Waals surface area contributed by atoms with E-state index in [0.717, 1.165) is 17.5 Å². The lowest BCUT2D eigenvalue weighted by atomic mass is 9.90. The number of benzene rings is 3. The van der Waals surface area contributed by atoms with Crippen LogP contribution in [0.3, 0.4) is 0 Å². The normalized spacial score (nSPS) is 11.9.